The Labute approximate surface area is 75.2 Å². The number of benzene rings is 1. The van der Waals surface area contributed by atoms with Crippen LogP contribution in [0.2, 0.25) is 0 Å². The van der Waals surface area contributed by atoms with Crippen LogP contribution in [0, 0.1) is 0 Å². The lowest BCUT2D eigenvalue weighted by Crippen LogP contribution is -1.66. The fourth-order valence-electron chi connectivity index (χ4n) is 0.818. The van der Waals surface area contributed by atoms with Crippen molar-refractivity contribution in [1.29, 1.82) is 0 Å². The van der Waals surface area contributed by atoms with Crippen molar-refractivity contribution in [1.82, 2.24) is 0 Å². The average molecular weight is 160 g/mol. The van der Waals surface area contributed by atoms with Gasteiger partial charge in [-0.1, -0.05) is 49.4 Å². The molecule has 1 aromatic rings. The Morgan fingerprint density at radius 3 is 2.25 bits per heavy atom. The van der Waals surface area contributed by atoms with E-state index >= 15 is 0 Å². The van der Waals surface area contributed by atoms with E-state index in [9.17, 15) is 0 Å². The summed E-state index contributed by atoms with van der Waals surface area (Å²) in [5, 5.41) is 0. The zero-order valence-corrected chi connectivity index (χ0v) is 7.66. The minimum absolute atomic E-state index is 1.11. The van der Waals surface area contributed by atoms with Crippen LogP contribution in [0.5, 0.6) is 0 Å². The second kappa shape index (κ2) is 7.80. The number of hydrogen-bond donors (Lipinski definition) is 0. The van der Waals surface area contributed by atoms with Crippen LogP contribution < -0.4 is 0 Å². The topological polar surface area (TPSA) is 0 Å². The summed E-state index contributed by atoms with van der Waals surface area (Å²) >= 11 is 0. The highest BCUT2D eigenvalue weighted by atomic mass is 13.8. The van der Waals surface area contributed by atoms with Crippen LogP contribution >= 0.6 is 0 Å². The molecule has 0 saturated carbocycles. The Kier molecular flexibility index (Phi) is 6.96. The lowest BCUT2D eigenvalue weighted by molar-refractivity contribution is 1.23. The van der Waals surface area contributed by atoms with Crippen molar-refractivity contribution in [3.05, 3.63) is 55.1 Å². The molecule has 0 radical (unpaired) electrons. The fraction of sp³-hybridized carbons (Fsp3) is 0.167. The van der Waals surface area contributed by atoms with E-state index < -0.39 is 0 Å². The molecular formula is C12H16. The highest BCUT2D eigenvalue weighted by molar-refractivity contribution is 5.48. The first-order chi connectivity index (χ1) is 5.93. The zero-order valence-electron chi connectivity index (χ0n) is 7.66. The normalized spacial score (nSPS) is 9.08. The van der Waals surface area contributed by atoms with Gasteiger partial charge in [-0.05, 0) is 12.0 Å². The molecule has 0 unspecified atom stereocenters. The summed E-state index contributed by atoms with van der Waals surface area (Å²) in [5.74, 6) is 0. The molecular weight excluding hydrogens is 144 g/mol. The van der Waals surface area contributed by atoms with E-state index in [4.69, 9.17) is 0 Å². The van der Waals surface area contributed by atoms with E-state index in [0.29, 0.717) is 0 Å². The molecule has 0 N–H and O–H groups in total. The lowest BCUT2D eigenvalue weighted by Gasteiger charge is -1.88. The molecule has 0 bridgehead atoms. The van der Waals surface area contributed by atoms with E-state index in [0.717, 1.165) is 6.42 Å². The van der Waals surface area contributed by atoms with Gasteiger partial charge in [0.1, 0.15) is 0 Å². The first-order valence-corrected chi connectivity index (χ1v) is 4.15. The number of allylic oxidation sites excluding steroid dienone is 1. The molecule has 0 heterocycles. The van der Waals surface area contributed by atoms with Gasteiger partial charge in [0, 0.05) is 0 Å². The van der Waals surface area contributed by atoms with Crippen LogP contribution in [-0.4, -0.2) is 0 Å². The Balaban J connectivity index is 0.000000561. The van der Waals surface area contributed by atoms with Crippen molar-refractivity contribution in [3.8, 4) is 0 Å². The first kappa shape index (κ1) is 10.7. The van der Waals surface area contributed by atoms with E-state index in [1.165, 1.54) is 5.56 Å². The van der Waals surface area contributed by atoms with Crippen molar-refractivity contribution in [2.45, 2.75) is 13.3 Å². The van der Waals surface area contributed by atoms with Gasteiger partial charge in [0.25, 0.3) is 0 Å². The Morgan fingerprint density at radius 2 is 1.75 bits per heavy atom. The molecule has 0 aliphatic heterocycles. The number of rotatable bonds is 2. The summed E-state index contributed by atoms with van der Waals surface area (Å²) in [6.45, 7) is 8.14. The van der Waals surface area contributed by atoms with Crippen LogP contribution in [0.3, 0.4) is 0 Å². The van der Waals surface area contributed by atoms with Crippen LogP contribution in [0.4, 0.5) is 0 Å². The van der Waals surface area contributed by atoms with Crippen molar-refractivity contribution < 1.29 is 0 Å². The monoisotopic (exact) mass is 160 g/mol. The summed E-state index contributed by atoms with van der Waals surface area (Å²) in [4.78, 5) is 0. The van der Waals surface area contributed by atoms with Crippen LogP contribution in [0.1, 0.15) is 18.9 Å². The maximum atomic E-state index is 3.00. The first-order valence-electron chi connectivity index (χ1n) is 4.15. The molecule has 64 valence electrons. The van der Waals surface area contributed by atoms with Crippen molar-refractivity contribution in [2.75, 3.05) is 0 Å². The van der Waals surface area contributed by atoms with E-state index in [1.807, 2.05) is 6.07 Å². The minimum Gasteiger partial charge on any atom is -0.106 e. The maximum Gasteiger partial charge on any atom is -0.0260 e. The molecule has 12 heavy (non-hydrogen) atoms. The second-order valence-corrected chi connectivity index (χ2v) is 2.22. The Hall–Kier alpha value is -1.30. The molecule has 0 fully saturated rings. The van der Waals surface area contributed by atoms with Crippen molar-refractivity contribution in [3.63, 3.8) is 0 Å². The SMILES string of the molecule is C=C.CCC=Cc1ccccc1. The maximum absolute atomic E-state index is 3.00. The van der Waals surface area contributed by atoms with E-state index in [-0.39, 0.29) is 0 Å². The molecule has 0 atom stereocenters. The Morgan fingerprint density at radius 1 is 1.17 bits per heavy atom. The van der Waals surface area contributed by atoms with Gasteiger partial charge in [-0.2, -0.15) is 0 Å². The molecule has 1 aromatic carbocycles. The van der Waals surface area contributed by atoms with Gasteiger partial charge in [0.15, 0.2) is 0 Å². The van der Waals surface area contributed by atoms with E-state index in [1.54, 1.807) is 0 Å². The largest absolute Gasteiger partial charge is 0.106 e. The van der Waals surface area contributed by atoms with Gasteiger partial charge in [-0.15, -0.1) is 13.2 Å². The summed E-state index contributed by atoms with van der Waals surface area (Å²) in [6.07, 6.45) is 5.41. The summed E-state index contributed by atoms with van der Waals surface area (Å²) < 4.78 is 0. The molecule has 0 spiro atoms. The third-order valence-corrected chi connectivity index (χ3v) is 1.35. The molecule has 0 saturated heterocycles. The molecule has 0 aliphatic rings. The van der Waals surface area contributed by atoms with Crippen LogP contribution in [0.25, 0.3) is 6.08 Å². The molecule has 0 amide bonds. The van der Waals surface area contributed by atoms with Crippen LogP contribution in [0.15, 0.2) is 49.6 Å². The second-order valence-electron chi connectivity index (χ2n) is 2.22. The zero-order chi connectivity index (χ0) is 9.23. The molecule has 0 heteroatoms. The molecule has 0 nitrogen and oxygen atoms in total. The highest BCUT2D eigenvalue weighted by Gasteiger charge is 1.78. The smallest absolute Gasteiger partial charge is 0.0260 e. The molecule has 0 aliphatic carbocycles. The van der Waals surface area contributed by atoms with Gasteiger partial charge in [0.2, 0.25) is 0 Å². The lowest BCUT2D eigenvalue weighted by atomic mass is 10.2. The highest BCUT2D eigenvalue weighted by Crippen LogP contribution is 2.00. The van der Waals surface area contributed by atoms with Crippen molar-refractivity contribution in [2.24, 2.45) is 0 Å². The molecule has 1 rings (SSSR count). The third kappa shape index (κ3) is 4.51. The predicted octanol–water partition coefficient (Wildman–Crippen LogP) is 3.91. The summed E-state index contributed by atoms with van der Waals surface area (Å²) in [7, 11) is 0. The van der Waals surface area contributed by atoms with Gasteiger partial charge < -0.3 is 0 Å². The van der Waals surface area contributed by atoms with Gasteiger partial charge >= 0.3 is 0 Å². The Bertz CT molecular complexity index is 209. The predicted molar refractivity (Wildman–Crippen MR) is 57.0 cm³/mol. The van der Waals surface area contributed by atoms with Crippen LogP contribution in [-0.2, 0) is 0 Å². The quantitative estimate of drug-likeness (QED) is 0.575. The number of hydrogen-bond acceptors (Lipinski definition) is 0. The van der Waals surface area contributed by atoms with E-state index in [2.05, 4.69) is 56.5 Å². The van der Waals surface area contributed by atoms with Gasteiger partial charge in [0.05, 0.1) is 0 Å². The van der Waals surface area contributed by atoms with Crippen molar-refractivity contribution >= 4 is 6.08 Å². The minimum atomic E-state index is 1.11. The third-order valence-electron chi connectivity index (χ3n) is 1.35. The summed E-state index contributed by atoms with van der Waals surface area (Å²) in [6, 6.07) is 10.3. The summed E-state index contributed by atoms with van der Waals surface area (Å²) in [5.41, 5.74) is 1.28. The standard InChI is InChI=1S/C10H12.C2H4/c1-2-3-7-10-8-5-4-6-9-10;1-2/h3-9H,2H2,1H3;1-2H2. The fourth-order valence-corrected chi connectivity index (χ4v) is 0.818. The van der Waals surface area contributed by atoms with Gasteiger partial charge in [-0.25, -0.2) is 0 Å². The molecule has 0 aromatic heterocycles. The van der Waals surface area contributed by atoms with Gasteiger partial charge in [-0.3, -0.25) is 0 Å². The average Bonchev–Trinajstić information content (AvgIpc) is 2.19.